The molecule has 4 nitrogen and oxygen atoms in total. The van der Waals surface area contributed by atoms with Crippen LogP contribution in [0.2, 0.25) is 0 Å². The van der Waals surface area contributed by atoms with Gasteiger partial charge in [-0.05, 0) is 45.4 Å². The minimum absolute atomic E-state index is 0.152. The highest BCUT2D eigenvalue weighted by atomic mass is 19.1. The largest absolute Gasteiger partial charge is 0.480 e. The van der Waals surface area contributed by atoms with Crippen LogP contribution in [0.5, 0.6) is 0 Å². The fraction of sp³-hybridized carbons (Fsp3) is 0.429. The summed E-state index contributed by atoms with van der Waals surface area (Å²) in [6.07, 6.45) is 0. The number of benzene rings is 1. The van der Waals surface area contributed by atoms with Crippen molar-refractivity contribution in [1.82, 2.24) is 4.90 Å². The molecule has 0 aliphatic carbocycles. The molecule has 0 spiro atoms. The third-order valence-corrected chi connectivity index (χ3v) is 2.77. The fourth-order valence-corrected chi connectivity index (χ4v) is 1.63. The van der Waals surface area contributed by atoms with E-state index in [1.54, 1.807) is 27.7 Å². The Morgan fingerprint density at radius 1 is 1.32 bits per heavy atom. The summed E-state index contributed by atoms with van der Waals surface area (Å²) in [6.45, 7) is 6.38. The van der Waals surface area contributed by atoms with Crippen molar-refractivity contribution in [1.29, 1.82) is 0 Å². The summed E-state index contributed by atoms with van der Waals surface area (Å²) in [5, 5.41) is 8.87. The standard InChI is InChI=1S/C14H18FNO3/c1-9-5-6-10(7-11(9)15)13(19)16(8-12(17)18)14(2,3)4/h5-7H,8H2,1-4H3,(H,17,18). The number of carbonyl (C=O) groups excluding carboxylic acids is 1. The summed E-state index contributed by atoms with van der Waals surface area (Å²) in [5.41, 5.74) is -0.0621. The van der Waals surface area contributed by atoms with Crippen LogP contribution in [0.15, 0.2) is 18.2 Å². The van der Waals surface area contributed by atoms with Crippen LogP contribution in [0.3, 0.4) is 0 Å². The molecule has 0 radical (unpaired) electrons. The first kappa shape index (κ1) is 15.1. The summed E-state index contributed by atoms with van der Waals surface area (Å²) < 4.78 is 13.5. The molecule has 104 valence electrons. The van der Waals surface area contributed by atoms with Crippen molar-refractivity contribution >= 4 is 11.9 Å². The molecular weight excluding hydrogens is 249 g/mol. The van der Waals surface area contributed by atoms with Gasteiger partial charge in [0.05, 0.1) is 0 Å². The predicted octanol–water partition coefficient (Wildman–Crippen LogP) is 2.46. The smallest absolute Gasteiger partial charge is 0.323 e. The Hall–Kier alpha value is -1.91. The first-order valence-electron chi connectivity index (χ1n) is 5.93. The van der Waals surface area contributed by atoms with E-state index in [0.717, 1.165) is 6.07 Å². The zero-order valence-corrected chi connectivity index (χ0v) is 11.5. The average Bonchev–Trinajstić information content (AvgIpc) is 2.27. The number of rotatable bonds is 3. The molecule has 0 saturated carbocycles. The van der Waals surface area contributed by atoms with Gasteiger partial charge < -0.3 is 10.0 Å². The van der Waals surface area contributed by atoms with Gasteiger partial charge in [0.1, 0.15) is 12.4 Å². The van der Waals surface area contributed by atoms with Crippen molar-refractivity contribution in [3.8, 4) is 0 Å². The molecule has 1 N–H and O–H groups in total. The number of halogens is 1. The number of carboxylic acids is 1. The minimum Gasteiger partial charge on any atom is -0.480 e. The van der Waals surface area contributed by atoms with Crippen molar-refractivity contribution < 1.29 is 19.1 Å². The van der Waals surface area contributed by atoms with Gasteiger partial charge in [-0.25, -0.2) is 4.39 Å². The minimum atomic E-state index is -1.10. The van der Waals surface area contributed by atoms with Gasteiger partial charge in [0.2, 0.25) is 0 Å². The molecule has 0 atom stereocenters. The molecule has 0 saturated heterocycles. The summed E-state index contributed by atoms with van der Waals surface area (Å²) in [6, 6.07) is 4.14. The van der Waals surface area contributed by atoms with Crippen LogP contribution < -0.4 is 0 Å². The van der Waals surface area contributed by atoms with Gasteiger partial charge in [-0.3, -0.25) is 9.59 Å². The van der Waals surface area contributed by atoms with Gasteiger partial charge in [0, 0.05) is 11.1 Å². The molecule has 0 aromatic heterocycles. The van der Waals surface area contributed by atoms with Gasteiger partial charge in [0.15, 0.2) is 0 Å². The number of hydrogen-bond acceptors (Lipinski definition) is 2. The van der Waals surface area contributed by atoms with Crippen LogP contribution in [0.25, 0.3) is 0 Å². The molecule has 1 aromatic rings. The van der Waals surface area contributed by atoms with E-state index >= 15 is 0 Å². The van der Waals surface area contributed by atoms with E-state index < -0.39 is 29.8 Å². The molecule has 0 aliphatic rings. The Balaban J connectivity index is 3.12. The number of amides is 1. The number of hydrogen-bond donors (Lipinski definition) is 1. The highest BCUT2D eigenvalue weighted by molar-refractivity contribution is 5.96. The summed E-state index contributed by atoms with van der Waals surface area (Å²) in [5.74, 6) is -2.07. The highest BCUT2D eigenvalue weighted by Gasteiger charge is 2.29. The quantitative estimate of drug-likeness (QED) is 0.915. The van der Waals surface area contributed by atoms with Gasteiger partial charge >= 0.3 is 5.97 Å². The van der Waals surface area contributed by atoms with Crippen molar-refractivity contribution in [3.63, 3.8) is 0 Å². The first-order valence-corrected chi connectivity index (χ1v) is 5.93. The maximum atomic E-state index is 13.5. The number of aryl methyl sites for hydroxylation is 1. The molecule has 19 heavy (non-hydrogen) atoms. The molecule has 5 heteroatoms. The number of carbonyl (C=O) groups is 2. The molecule has 1 rings (SSSR count). The monoisotopic (exact) mass is 267 g/mol. The Kier molecular flexibility index (Phi) is 4.29. The number of aliphatic carboxylic acids is 1. The van der Waals surface area contributed by atoms with Crippen molar-refractivity contribution in [3.05, 3.63) is 35.1 Å². The lowest BCUT2D eigenvalue weighted by Crippen LogP contribution is -2.48. The van der Waals surface area contributed by atoms with Crippen LogP contribution in [0.4, 0.5) is 4.39 Å². The van der Waals surface area contributed by atoms with E-state index in [1.165, 1.54) is 17.0 Å². The van der Waals surface area contributed by atoms with E-state index in [2.05, 4.69) is 0 Å². The third-order valence-electron chi connectivity index (χ3n) is 2.77. The van der Waals surface area contributed by atoms with Crippen molar-refractivity contribution in [2.75, 3.05) is 6.54 Å². The summed E-state index contributed by atoms with van der Waals surface area (Å²) in [7, 11) is 0. The normalized spacial score (nSPS) is 11.2. The van der Waals surface area contributed by atoms with E-state index in [-0.39, 0.29) is 5.56 Å². The SMILES string of the molecule is Cc1ccc(C(=O)N(CC(=O)O)C(C)(C)C)cc1F. The molecule has 0 bridgehead atoms. The third kappa shape index (κ3) is 3.77. The van der Waals surface area contributed by atoms with Crippen molar-refractivity contribution in [2.24, 2.45) is 0 Å². The molecule has 1 aromatic carbocycles. The Labute approximate surface area is 111 Å². The molecule has 0 unspecified atom stereocenters. The van der Waals surface area contributed by atoms with Crippen LogP contribution in [0, 0.1) is 12.7 Å². The first-order chi connectivity index (χ1) is 8.62. The molecular formula is C14H18FNO3. The van der Waals surface area contributed by atoms with Crippen LogP contribution in [0.1, 0.15) is 36.7 Å². The van der Waals surface area contributed by atoms with Gasteiger partial charge in [-0.2, -0.15) is 0 Å². The van der Waals surface area contributed by atoms with E-state index in [0.29, 0.717) is 5.56 Å². The van der Waals surface area contributed by atoms with E-state index in [4.69, 9.17) is 5.11 Å². The van der Waals surface area contributed by atoms with E-state index in [1.807, 2.05) is 0 Å². The highest BCUT2D eigenvalue weighted by Crippen LogP contribution is 2.18. The van der Waals surface area contributed by atoms with Crippen LogP contribution >= 0.6 is 0 Å². The number of nitrogens with zero attached hydrogens (tertiary/aromatic N) is 1. The lowest BCUT2D eigenvalue weighted by Gasteiger charge is -2.34. The Morgan fingerprint density at radius 3 is 2.32 bits per heavy atom. The molecule has 1 amide bonds. The van der Waals surface area contributed by atoms with Crippen LogP contribution in [-0.2, 0) is 4.79 Å². The van der Waals surface area contributed by atoms with E-state index in [9.17, 15) is 14.0 Å². The molecule has 0 aliphatic heterocycles. The second kappa shape index (κ2) is 5.38. The lowest BCUT2D eigenvalue weighted by atomic mass is 10.0. The Morgan fingerprint density at radius 2 is 1.89 bits per heavy atom. The Bertz CT molecular complexity index is 506. The number of carboxylic acid groups (broad SMARTS) is 1. The summed E-state index contributed by atoms with van der Waals surface area (Å²) >= 11 is 0. The van der Waals surface area contributed by atoms with Gasteiger partial charge in [-0.15, -0.1) is 0 Å². The maximum absolute atomic E-state index is 13.5. The second-order valence-corrected chi connectivity index (χ2v) is 5.42. The second-order valence-electron chi connectivity index (χ2n) is 5.42. The topological polar surface area (TPSA) is 57.6 Å². The predicted molar refractivity (Wildman–Crippen MR) is 69.6 cm³/mol. The molecule has 0 heterocycles. The van der Waals surface area contributed by atoms with Gasteiger partial charge in [0.25, 0.3) is 5.91 Å². The summed E-state index contributed by atoms with van der Waals surface area (Å²) in [4.78, 5) is 24.3. The maximum Gasteiger partial charge on any atom is 0.323 e. The van der Waals surface area contributed by atoms with Crippen LogP contribution in [-0.4, -0.2) is 34.0 Å². The van der Waals surface area contributed by atoms with Gasteiger partial charge in [-0.1, -0.05) is 6.07 Å². The lowest BCUT2D eigenvalue weighted by molar-refractivity contribution is -0.138. The molecule has 0 fully saturated rings. The van der Waals surface area contributed by atoms with Crippen molar-refractivity contribution in [2.45, 2.75) is 33.2 Å². The zero-order valence-electron chi connectivity index (χ0n) is 11.5. The fourth-order valence-electron chi connectivity index (χ4n) is 1.63. The zero-order chi connectivity index (χ0) is 14.8. The average molecular weight is 267 g/mol.